The molecule has 0 aliphatic carbocycles. The second-order valence-corrected chi connectivity index (χ2v) is 20.1. The molecule has 2 aliphatic heterocycles. The molecule has 60 heavy (non-hydrogen) atoms. The van der Waals surface area contributed by atoms with Gasteiger partial charge in [-0.1, -0.05) is 68.5 Å². The second kappa shape index (κ2) is 19.5. The fraction of sp³-hybridized carbons (Fsp3) is 0.422. The monoisotopic (exact) mass is 870 g/mol. The topological polar surface area (TPSA) is 165 Å². The van der Waals surface area contributed by atoms with Crippen LogP contribution in [-0.4, -0.2) is 79.6 Å². The third-order valence-corrected chi connectivity index (χ3v) is 12.2. The quantitative estimate of drug-likeness (QED) is 0.0581. The van der Waals surface area contributed by atoms with E-state index in [2.05, 4.69) is 72.8 Å². The molecule has 2 N–H and O–H groups in total. The zero-order valence-corrected chi connectivity index (χ0v) is 39.9. The molecular formula is C45H57N3NaO9S2+. The van der Waals surface area contributed by atoms with Crippen molar-refractivity contribution in [1.29, 1.82) is 0 Å². The number of anilines is 2. The van der Waals surface area contributed by atoms with Crippen LogP contribution in [0, 0.1) is 0 Å². The second-order valence-electron chi connectivity index (χ2n) is 17.0. The van der Waals surface area contributed by atoms with Gasteiger partial charge in [0.2, 0.25) is 5.69 Å². The molecule has 0 unspecified atom stereocenters. The predicted molar refractivity (Wildman–Crippen MR) is 235 cm³/mol. The number of amides is 1. The summed E-state index contributed by atoms with van der Waals surface area (Å²) in [7, 11) is -6.86. The van der Waals surface area contributed by atoms with Gasteiger partial charge < -0.3 is 18.9 Å². The van der Waals surface area contributed by atoms with Crippen LogP contribution in [0.25, 0.3) is 10.8 Å². The van der Waals surface area contributed by atoms with Crippen molar-refractivity contribution in [2.45, 2.75) is 90.6 Å². The van der Waals surface area contributed by atoms with E-state index in [-0.39, 0.29) is 47.1 Å². The van der Waals surface area contributed by atoms with Gasteiger partial charge in [0.25, 0.3) is 10.1 Å². The first-order valence-corrected chi connectivity index (χ1v) is 23.0. The van der Waals surface area contributed by atoms with Gasteiger partial charge in [-0.15, -0.1) is 0 Å². The van der Waals surface area contributed by atoms with Crippen molar-refractivity contribution in [1.82, 2.24) is 0 Å². The van der Waals surface area contributed by atoms with Gasteiger partial charge in [0.15, 0.2) is 5.71 Å². The summed E-state index contributed by atoms with van der Waals surface area (Å²) in [4.78, 5) is 14.9. The fourth-order valence-corrected chi connectivity index (χ4v) is 9.11. The smallest absolute Gasteiger partial charge is 0.748 e. The van der Waals surface area contributed by atoms with Crippen LogP contribution in [0.5, 0.6) is 5.75 Å². The van der Waals surface area contributed by atoms with Crippen LogP contribution in [0.2, 0.25) is 0 Å². The summed E-state index contributed by atoms with van der Waals surface area (Å²) < 4.78 is 79.6. The van der Waals surface area contributed by atoms with Crippen LogP contribution in [0.3, 0.4) is 0 Å². The number of hydrogen-bond acceptors (Lipinski definition) is 9. The largest absolute Gasteiger partial charge is 1.00 e. The molecule has 3 aromatic carbocycles. The Kier molecular flexibility index (Phi) is 15.9. The summed E-state index contributed by atoms with van der Waals surface area (Å²) in [6, 6.07) is 16.3. The van der Waals surface area contributed by atoms with Crippen LogP contribution in [0.1, 0.15) is 85.3 Å². The molecule has 0 saturated carbocycles. The number of benzene rings is 3. The molecule has 0 spiro atoms. The molecule has 0 radical (unpaired) electrons. The van der Waals surface area contributed by atoms with Gasteiger partial charge in [0, 0.05) is 53.2 Å². The zero-order chi connectivity index (χ0) is 43.4. The van der Waals surface area contributed by atoms with Crippen LogP contribution in [0.15, 0.2) is 96.8 Å². The van der Waals surface area contributed by atoms with Crippen LogP contribution in [0.4, 0.5) is 21.9 Å². The van der Waals surface area contributed by atoms with E-state index < -0.39 is 43.1 Å². The molecule has 2 heterocycles. The number of rotatable bonds is 16. The number of fused-ring (bicyclic) bond motifs is 4. The van der Waals surface area contributed by atoms with Gasteiger partial charge in [-0.25, -0.2) is 13.2 Å². The van der Waals surface area contributed by atoms with Crippen molar-refractivity contribution < 1.29 is 74.3 Å². The van der Waals surface area contributed by atoms with Crippen molar-refractivity contribution in [2.24, 2.45) is 0 Å². The van der Waals surface area contributed by atoms with E-state index in [1.54, 1.807) is 20.8 Å². The number of methoxy groups -OCH3 is 1. The van der Waals surface area contributed by atoms with Gasteiger partial charge in [0.1, 0.15) is 17.9 Å². The minimum absolute atomic E-state index is 0. The summed E-state index contributed by atoms with van der Waals surface area (Å²) in [6.07, 6.45) is 14.8. The van der Waals surface area contributed by atoms with Crippen LogP contribution >= 0.6 is 0 Å². The summed E-state index contributed by atoms with van der Waals surface area (Å²) >= 11 is 0. The minimum Gasteiger partial charge on any atom is -0.748 e. The number of ether oxygens (including phenoxy) is 2. The standard InChI is InChI=1S/C45H57N3O9S2.Na/c1-43(2,3)57-42(49)46-35-31-37-34(30-38(35)56-8)44(4,5)39(48(37)27-17-19-29-59(53,54)55)22-12-10-9-11-13-23-40-45(6,7)41-33-21-15-14-20-32(33)24-25-36(41)47(40)26-16-18-28-58(50,51)52;/h9-15,20-25,30-31H,16-19,26-29H2,1-8H3,(H2-,46,49,50,51,52,53,54,55);/q;+1. The van der Waals surface area contributed by atoms with E-state index in [1.165, 1.54) is 18.1 Å². The van der Waals surface area contributed by atoms with Crippen LogP contribution in [-0.2, 0) is 35.8 Å². The third-order valence-electron chi connectivity index (χ3n) is 10.6. The zero-order valence-electron chi connectivity index (χ0n) is 36.2. The molecule has 0 saturated heterocycles. The van der Waals surface area contributed by atoms with Crippen molar-refractivity contribution in [3.8, 4) is 5.75 Å². The summed E-state index contributed by atoms with van der Waals surface area (Å²) in [5.41, 5.74) is 4.93. The summed E-state index contributed by atoms with van der Waals surface area (Å²) in [5, 5.41) is 5.13. The minimum atomic E-state index is -4.35. The van der Waals surface area contributed by atoms with Crippen molar-refractivity contribution in [2.75, 3.05) is 41.9 Å². The molecular weight excluding hydrogens is 814 g/mol. The molecule has 15 heteroatoms. The molecule has 318 valence electrons. The maximum Gasteiger partial charge on any atom is 1.00 e. The van der Waals surface area contributed by atoms with E-state index in [9.17, 15) is 30.7 Å². The molecule has 0 fully saturated rings. The molecule has 3 aromatic rings. The molecule has 1 amide bonds. The molecule has 0 atom stereocenters. The van der Waals surface area contributed by atoms with E-state index in [0.29, 0.717) is 43.8 Å². The Bertz CT molecular complexity index is 2460. The Morgan fingerprint density at radius 3 is 2.23 bits per heavy atom. The number of hydrogen-bond donors (Lipinski definition) is 2. The average molecular weight is 871 g/mol. The first-order chi connectivity index (χ1) is 27.5. The Morgan fingerprint density at radius 1 is 0.900 bits per heavy atom. The first kappa shape index (κ1) is 48.9. The van der Waals surface area contributed by atoms with Gasteiger partial charge in [-0.05, 0) is 94.5 Å². The number of nitrogens with one attached hydrogen (secondary N) is 1. The molecule has 0 aromatic heterocycles. The first-order valence-electron chi connectivity index (χ1n) is 19.8. The Balaban J connectivity index is 0.00000794. The maximum absolute atomic E-state index is 12.8. The molecule has 0 bridgehead atoms. The molecule has 2 aliphatic rings. The maximum atomic E-state index is 12.8. The van der Waals surface area contributed by atoms with Gasteiger partial charge in [-0.3, -0.25) is 9.87 Å². The Morgan fingerprint density at radius 2 is 1.57 bits per heavy atom. The van der Waals surface area contributed by atoms with E-state index in [4.69, 9.17) is 9.47 Å². The average Bonchev–Trinajstić information content (AvgIpc) is 3.47. The number of allylic oxidation sites excluding steroid dienone is 8. The van der Waals surface area contributed by atoms with E-state index in [1.807, 2.05) is 60.7 Å². The SMILES string of the molecule is COc1cc2c(cc1NC(=O)OC(C)(C)C)N(CCCCS(=O)(=O)[O-])C(=CC=CC=CC=CC1=[N+](CCCCS(=O)(=O)O)c3ccc4ccccc4c3C1(C)C)C2(C)C.[Na+]. The predicted octanol–water partition coefficient (Wildman–Crippen LogP) is 5.92. The van der Waals surface area contributed by atoms with Crippen molar-refractivity contribution >= 4 is 59.9 Å². The fourth-order valence-electron chi connectivity index (χ4n) is 7.98. The van der Waals surface area contributed by atoms with E-state index in [0.717, 1.165) is 33.7 Å². The number of carbonyl (C=O) groups is 1. The number of unbranched alkanes of at least 4 members (excludes halogenated alkanes) is 2. The normalized spacial score (nSPS) is 16.9. The third kappa shape index (κ3) is 12.0. The van der Waals surface area contributed by atoms with Gasteiger partial charge in [-0.2, -0.15) is 13.0 Å². The molecule has 12 nitrogen and oxygen atoms in total. The van der Waals surface area contributed by atoms with E-state index >= 15 is 0 Å². The van der Waals surface area contributed by atoms with Crippen LogP contribution < -0.4 is 44.5 Å². The van der Waals surface area contributed by atoms with Crippen molar-refractivity contribution in [3.05, 3.63) is 108 Å². The summed E-state index contributed by atoms with van der Waals surface area (Å²) in [6.45, 7) is 14.9. The summed E-state index contributed by atoms with van der Waals surface area (Å²) in [5.74, 6) is -0.269. The number of carbonyl (C=O) groups excluding carboxylic acids is 1. The van der Waals surface area contributed by atoms with Gasteiger partial charge in [0.05, 0.1) is 34.1 Å². The van der Waals surface area contributed by atoms with Gasteiger partial charge >= 0.3 is 35.7 Å². The Labute approximate surface area is 377 Å². The van der Waals surface area contributed by atoms with Crippen molar-refractivity contribution in [3.63, 3.8) is 0 Å². The molecule has 5 rings (SSSR count). The Hall–Kier alpha value is -3.76. The number of nitrogens with zero attached hydrogens (tertiary/aromatic N) is 2.